The summed E-state index contributed by atoms with van der Waals surface area (Å²) in [7, 11) is 0. The van der Waals surface area contributed by atoms with Crippen LogP contribution in [0.15, 0.2) is 18.2 Å². The number of rotatable bonds is 2. The van der Waals surface area contributed by atoms with E-state index >= 15 is 0 Å². The minimum absolute atomic E-state index is 0. The van der Waals surface area contributed by atoms with Gasteiger partial charge in [0, 0.05) is 0 Å². The Bertz CT molecular complexity index is 307. The van der Waals surface area contributed by atoms with Crippen molar-refractivity contribution in [2.75, 3.05) is 0 Å². The van der Waals surface area contributed by atoms with E-state index in [4.69, 9.17) is 17.3 Å². The van der Waals surface area contributed by atoms with E-state index in [0.29, 0.717) is 0 Å². The second kappa shape index (κ2) is 5.44. The number of alkyl halides is 2. The monoisotopic (exact) mass is 245 g/mol. The molecule has 0 radical (unpaired) electrons. The smallest absolute Gasteiger partial charge is 0.257 e. The maximum absolute atomic E-state index is 12.8. The largest absolute Gasteiger partial charge is 0.319 e. The Morgan fingerprint density at radius 1 is 1.29 bits per heavy atom. The topological polar surface area (TPSA) is 26.0 Å². The van der Waals surface area contributed by atoms with Gasteiger partial charge in [0.15, 0.2) is 0 Å². The molecule has 1 nitrogen and oxygen atoms in total. The van der Waals surface area contributed by atoms with E-state index in [9.17, 15) is 13.2 Å². The van der Waals surface area contributed by atoms with Crippen LogP contribution in [-0.2, 0) is 0 Å². The summed E-state index contributed by atoms with van der Waals surface area (Å²) in [4.78, 5) is 0. The zero-order valence-corrected chi connectivity index (χ0v) is 8.46. The molecule has 1 aromatic rings. The second-order valence-corrected chi connectivity index (χ2v) is 2.94. The molecule has 0 aliphatic carbocycles. The first-order chi connectivity index (χ1) is 6.02. The Balaban J connectivity index is 0.00000169. The van der Waals surface area contributed by atoms with E-state index in [2.05, 4.69) is 0 Å². The van der Waals surface area contributed by atoms with E-state index in [1.807, 2.05) is 0 Å². The second-order valence-electron chi connectivity index (χ2n) is 2.53. The molecule has 0 aliphatic heterocycles. The molecule has 0 amide bonds. The van der Waals surface area contributed by atoms with Crippen LogP contribution in [0, 0.1) is 5.82 Å². The fraction of sp³-hybridized carbons (Fsp3) is 0.250. The number of hydrogen-bond acceptors (Lipinski definition) is 1. The van der Waals surface area contributed by atoms with Crippen LogP contribution in [0.25, 0.3) is 0 Å². The van der Waals surface area contributed by atoms with Crippen LogP contribution in [0.4, 0.5) is 13.2 Å². The molecule has 1 aromatic carbocycles. The average molecular weight is 246 g/mol. The summed E-state index contributed by atoms with van der Waals surface area (Å²) in [6.07, 6.45) is -2.71. The lowest BCUT2D eigenvalue weighted by atomic mass is 10.1. The molecule has 0 heterocycles. The predicted molar refractivity (Wildman–Crippen MR) is 51.6 cm³/mol. The summed E-state index contributed by atoms with van der Waals surface area (Å²) in [6, 6.07) is 1.93. The third-order valence-electron chi connectivity index (χ3n) is 1.60. The van der Waals surface area contributed by atoms with Gasteiger partial charge in [-0.3, -0.25) is 0 Å². The van der Waals surface area contributed by atoms with Crippen molar-refractivity contribution in [3.8, 4) is 0 Å². The molecule has 14 heavy (non-hydrogen) atoms. The van der Waals surface area contributed by atoms with Crippen molar-refractivity contribution in [1.29, 1.82) is 0 Å². The number of halogens is 5. The van der Waals surface area contributed by atoms with Gasteiger partial charge in [-0.1, -0.05) is 17.7 Å². The molecule has 0 unspecified atom stereocenters. The molecule has 6 heteroatoms. The zero-order chi connectivity index (χ0) is 10.0. The lowest BCUT2D eigenvalue weighted by Crippen LogP contribution is -2.18. The van der Waals surface area contributed by atoms with Crippen molar-refractivity contribution >= 4 is 24.0 Å². The summed E-state index contributed by atoms with van der Waals surface area (Å²) < 4.78 is 36.9. The normalized spacial score (nSPS) is 12.4. The minimum atomic E-state index is -2.71. The predicted octanol–water partition coefficient (Wildman–Crippen LogP) is 3.17. The summed E-state index contributed by atoms with van der Waals surface area (Å²) >= 11 is 5.36. The molecule has 0 aliphatic rings. The van der Waals surface area contributed by atoms with Crippen LogP contribution in [0.3, 0.4) is 0 Å². The summed E-state index contributed by atoms with van der Waals surface area (Å²) in [5, 5.41) is -0.106. The highest BCUT2D eigenvalue weighted by atomic mass is 35.5. The van der Waals surface area contributed by atoms with Crippen LogP contribution in [0.1, 0.15) is 11.6 Å². The zero-order valence-electron chi connectivity index (χ0n) is 6.88. The van der Waals surface area contributed by atoms with Crippen molar-refractivity contribution in [2.45, 2.75) is 12.5 Å². The van der Waals surface area contributed by atoms with E-state index < -0.39 is 18.3 Å². The maximum Gasteiger partial charge on any atom is 0.257 e. The van der Waals surface area contributed by atoms with Gasteiger partial charge in [-0.2, -0.15) is 0 Å². The van der Waals surface area contributed by atoms with E-state index in [1.54, 1.807) is 0 Å². The Morgan fingerprint density at radius 2 is 1.86 bits per heavy atom. The molecule has 2 N–H and O–H groups in total. The average Bonchev–Trinajstić information content (AvgIpc) is 2.08. The van der Waals surface area contributed by atoms with Crippen molar-refractivity contribution in [2.24, 2.45) is 5.73 Å². The third-order valence-corrected chi connectivity index (χ3v) is 1.91. The van der Waals surface area contributed by atoms with E-state index in [0.717, 1.165) is 6.07 Å². The Hall–Kier alpha value is -0.450. The highest BCUT2D eigenvalue weighted by Gasteiger charge is 2.18. The highest BCUT2D eigenvalue weighted by molar-refractivity contribution is 6.30. The lowest BCUT2D eigenvalue weighted by molar-refractivity contribution is 0.116. The highest BCUT2D eigenvalue weighted by Crippen LogP contribution is 2.22. The first kappa shape index (κ1) is 13.5. The van der Waals surface area contributed by atoms with Gasteiger partial charge in [-0.05, 0) is 17.7 Å². The molecule has 0 fully saturated rings. The molecule has 0 saturated carbocycles. The molecular formula is C8H8Cl2F3N. The van der Waals surface area contributed by atoms with Gasteiger partial charge in [0.1, 0.15) is 5.82 Å². The van der Waals surface area contributed by atoms with Gasteiger partial charge < -0.3 is 5.73 Å². The molecule has 1 atom stereocenters. The first-order valence-electron chi connectivity index (χ1n) is 3.51. The summed E-state index contributed by atoms with van der Waals surface area (Å²) in [6.45, 7) is 0. The van der Waals surface area contributed by atoms with Gasteiger partial charge >= 0.3 is 0 Å². The van der Waals surface area contributed by atoms with E-state index in [1.165, 1.54) is 12.1 Å². The molecule has 80 valence electrons. The Labute approximate surface area is 90.5 Å². The SMILES string of the molecule is Cl.N[C@H](c1ccc(Cl)c(F)c1)C(F)F. The summed E-state index contributed by atoms with van der Waals surface area (Å²) in [5.74, 6) is -0.740. The summed E-state index contributed by atoms with van der Waals surface area (Å²) in [5.41, 5.74) is 5.14. The van der Waals surface area contributed by atoms with Crippen molar-refractivity contribution in [1.82, 2.24) is 0 Å². The molecule has 1 rings (SSSR count). The minimum Gasteiger partial charge on any atom is -0.319 e. The Kier molecular flexibility index (Phi) is 5.26. The molecule has 0 bridgehead atoms. The lowest BCUT2D eigenvalue weighted by Gasteiger charge is -2.10. The van der Waals surface area contributed by atoms with Gasteiger partial charge in [0.2, 0.25) is 0 Å². The maximum atomic E-state index is 12.8. The standard InChI is InChI=1S/C8H7ClF3N.ClH/c9-5-2-1-4(3-6(5)10)7(13)8(11)12;/h1-3,7-8H,13H2;1H/t7-;/m1./s1. The van der Waals surface area contributed by atoms with E-state index in [-0.39, 0.29) is 23.0 Å². The number of hydrogen-bond donors (Lipinski definition) is 1. The van der Waals surface area contributed by atoms with Crippen LogP contribution in [0.2, 0.25) is 5.02 Å². The number of nitrogens with two attached hydrogens (primary N) is 1. The van der Waals surface area contributed by atoms with Crippen molar-refractivity contribution < 1.29 is 13.2 Å². The third kappa shape index (κ3) is 3.04. The fourth-order valence-electron chi connectivity index (χ4n) is 0.865. The molecule has 0 saturated heterocycles. The van der Waals surface area contributed by atoms with Gasteiger partial charge in [0.25, 0.3) is 6.43 Å². The van der Waals surface area contributed by atoms with Gasteiger partial charge in [0.05, 0.1) is 11.1 Å². The van der Waals surface area contributed by atoms with Crippen LogP contribution in [0.5, 0.6) is 0 Å². The van der Waals surface area contributed by atoms with Gasteiger partial charge in [-0.15, -0.1) is 12.4 Å². The molecule has 0 aromatic heterocycles. The Morgan fingerprint density at radius 3 is 2.29 bits per heavy atom. The quantitative estimate of drug-likeness (QED) is 0.852. The molecular weight excluding hydrogens is 238 g/mol. The number of benzene rings is 1. The first-order valence-corrected chi connectivity index (χ1v) is 3.89. The molecule has 0 spiro atoms. The van der Waals surface area contributed by atoms with Gasteiger partial charge in [-0.25, -0.2) is 13.2 Å². The van der Waals surface area contributed by atoms with Crippen molar-refractivity contribution in [3.63, 3.8) is 0 Å². The van der Waals surface area contributed by atoms with Crippen molar-refractivity contribution in [3.05, 3.63) is 34.6 Å². The van der Waals surface area contributed by atoms with Crippen LogP contribution in [-0.4, -0.2) is 6.43 Å². The fourth-order valence-corrected chi connectivity index (χ4v) is 0.983. The van der Waals surface area contributed by atoms with Crippen LogP contribution >= 0.6 is 24.0 Å². The van der Waals surface area contributed by atoms with Crippen LogP contribution < -0.4 is 5.73 Å².